The number of pyridine rings is 1. The molecule has 0 aromatic carbocycles. The molecule has 1 aromatic rings. The minimum absolute atomic E-state index is 0.112. The second-order valence-corrected chi connectivity index (χ2v) is 4.44. The van der Waals surface area contributed by atoms with Crippen LogP contribution in [0, 0.1) is 3.57 Å². The quantitative estimate of drug-likeness (QED) is 0.827. The van der Waals surface area contributed by atoms with Crippen molar-refractivity contribution in [1.29, 1.82) is 0 Å². The van der Waals surface area contributed by atoms with E-state index >= 15 is 0 Å². The summed E-state index contributed by atoms with van der Waals surface area (Å²) >= 11 is 1.77. The van der Waals surface area contributed by atoms with E-state index in [-0.39, 0.29) is 12.6 Å². The highest BCUT2D eigenvalue weighted by atomic mass is 127. The first-order valence-electron chi connectivity index (χ1n) is 4.44. The number of alkyl halides is 3. The molecule has 90 valence electrons. The predicted molar refractivity (Wildman–Crippen MR) is 62.1 cm³/mol. The van der Waals surface area contributed by atoms with E-state index in [4.69, 9.17) is 5.11 Å². The lowest BCUT2D eigenvalue weighted by Gasteiger charge is -2.14. The fourth-order valence-corrected chi connectivity index (χ4v) is 1.61. The zero-order chi connectivity index (χ0) is 12.3. The third-order valence-electron chi connectivity index (χ3n) is 1.83. The van der Waals surface area contributed by atoms with Crippen LogP contribution in [0.2, 0.25) is 0 Å². The van der Waals surface area contributed by atoms with Gasteiger partial charge in [0.25, 0.3) is 0 Å². The summed E-state index contributed by atoms with van der Waals surface area (Å²) in [6.07, 6.45) is -3.61. The van der Waals surface area contributed by atoms with Crippen LogP contribution in [-0.2, 0) is 6.18 Å². The Morgan fingerprint density at radius 1 is 1.56 bits per heavy atom. The SMILES string of the molecule is C[C@@H](CO)Nc1ncc(C(F)(F)F)cc1I. The van der Waals surface area contributed by atoms with Gasteiger partial charge in [-0.1, -0.05) is 0 Å². The molecule has 0 bridgehead atoms. The maximum atomic E-state index is 12.3. The van der Waals surface area contributed by atoms with Gasteiger partial charge in [-0.2, -0.15) is 13.2 Å². The van der Waals surface area contributed by atoms with Crippen molar-refractivity contribution in [2.24, 2.45) is 0 Å². The van der Waals surface area contributed by atoms with E-state index in [0.29, 0.717) is 9.39 Å². The summed E-state index contributed by atoms with van der Waals surface area (Å²) in [5, 5.41) is 11.6. The van der Waals surface area contributed by atoms with E-state index < -0.39 is 11.7 Å². The van der Waals surface area contributed by atoms with Crippen LogP contribution in [0.15, 0.2) is 12.3 Å². The summed E-state index contributed by atoms with van der Waals surface area (Å²) < 4.78 is 37.3. The summed E-state index contributed by atoms with van der Waals surface area (Å²) in [5.74, 6) is 0.343. The predicted octanol–water partition coefficient (Wildman–Crippen LogP) is 2.50. The van der Waals surface area contributed by atoms with Crippen LogP contribution in [0.5, 0.6) is 0 Å². The molecule has 0 saturated heterocycles. The minimum Gasteiger partial charge on any atom is -0.394 e. The van der Waals surface area contributed by atoms with Crippen molar-refractivity contribution < 1.29 is 18.3 Å². The van der Waals surface area contributed by atoms with Gasteiger partial charge in [0.05, 0.1) is 15.7 Å². The molecule has 2 N–H and O–H groups in total. The van der Waals surface area contributed by atoms with Gasteiger partial charge < -0.3 is 10.4 Å². The van der Waals surface area contributed by atoms with Gasteiger partial charge in [0, 0.05) is 12.2 Å². The first kappa shape index (κ1) is 13.5. The monoisotopic (exact) mass is 346 g/mol. The van der Waals surface area contributed by atoms with Gasteiger partial charge in [-0.15, -0.1) is 0 Å². The van der Waals surface area contributed by atoms with Crippen LogP contribution in [0.3, 0.4) is 0 Å². The fraction of sp³-hybridized carbons (Fsp3) is 0.444. The number of nitrogens with one attached hydrogen (secondary N) is 1. The smallest absolute Gasteiger partial charge is 0.394 e. The minimum atomic E-state index is -4.38. The first-order chi connectivity index (χ1) is 7.34. The van der Waals surface area contributed by atoms with Crippen LogP contribution in [0.1, 0.15) is 12.5 Å². The van der Waals surface area contributed by atoms with Crippen LogP contribution >= 0.6 is 22.6 Å². The van der Waals surface area contributed by atoms with Crippen LogP contribution in [0.4, 0.5) is 19.0 Å². The molecule has 1 atom stereocenters. The molecule has 0 aliphatic heterocycles. The Kier molecular flexibility index (Phi) is 4.36. The van der Waals surface area contributed by atoms with Gasteiger partial charge in [-0.05, 0) is 35.6 Å². The van der Waals surface area contributed by atoms with E-state index in [2.05, 4.69) is 10.3 Å². The van der Waals surface area contributed by atoms with Gasteiger partial charge in [0.1, 0.15) is 5.82 Å². The lowest BCUT2D eigenvalue weighted by atomic mass is 10.2. The number of halogens is 4. The third-order valence-corrected chi connectivity index (χ3v) is 2.65. The van der Waals surface area contributed by atoms with Crippen LogP contribution in [0.25, 0.3) is 0 Å². The maximum Gasteiger partial charge on any atom is 0.417 e. The summed E-state index contributed by atoms with van der Waals surface area (Å²) in [6.45, 7) is 1.59. The van der Waals surface area contributed by atoms with Gasteiger partial charge in [-0.3, -0.25) is 0 Å². The number of aliphatic hydroxyl groups is 1. The Morgan fingerprint density at radius 2 is 2.19 bits per heavy atom. The molecule has 1 aromatic heterocycles. The van der Waals surface area contributed by atoms with E-state index in [0.717, 1.165) is 12.3 Å². The first-order valence-corrected chi connectivity index (χ1v) is 5.52. The number of aliphatic hydroxyl groups excluding tert-OH is 1. The molecule has 16 heavy (non-hydrogen) atoms. The molecule has 1 rings (SSSR count). The standard InChI is InChI=1S/C9H10F3IN2O/c1-5(4-16)15-8-7(13)2-6(3-14-8)9(10,11)12/h2-3,5,16H,4H2,1H3,(H,14,15)/t5-/m0/s1. The van der Waals surface area contributed by atoms with E-state index in [9.17, 15) is 13.2 Å². The molecule has 0 unspecified atom stereocenters. The summed E-state index contributed by atoms with van der Waals surface area (Å²) in [6, 6.07) is 0.762. The van der Waals surface area contributed by atoms with Crippen molar-refractivity contribution in [2.75, 3.05) is 11.9 Å². The summed E-state index contributed by atoms with van der Waals surface area (Å²) in [5.41, 5.74) is -0.779. The number of nitrogens with zero attached hydrogens (tertiary/aromatic N) is 1. The normalized spacial score (nSPS) is 13.6. The highest BCUT2D eigenvalue weighted by molar-refractivity contribution is 14.1. The zero-order valence-electron chi connectivity index (χ0n) is 8.35. The van der Waals surface area contributed by atoms with Crippen LogP contribution in [-0.4, -0.2) is 22.7 Å². The molecule has 0 aliphatic rings. The number of rotatable bonds is 3. The van der Waals surface area contributed by atoms with Crippen molar-refractivity contribution in [3.05, 3.63) is 21.4 Å². The molecule has 7 heteroatoms. The van der Waals surface area contributed by atoms with Crippen molar-refractivity contribution in [3.63, 3.8) is 0 Å². The van der Waals surface area contributed by atoms with Gasteiger partial charge in [0.15, 0.2) is 0 Å². The highest BCUT2D eigenvalue weighted by Gasteiger charge is 2.31. The third kappa shape index (κ3) is 3.48. The van der Waals surface area contributed by atoms with E-state index in [1.165, 1.54) is 0 Å². The van der Waals surface area contributed by atoms with Crippen molar-refractivity contribution >= 4 is 28.4 Å². The molecule has 0 fully saturated rings. The summed E-state index contributed by atoms with van der Waals surface area (Å²) in [4.78, 5) is 3.68. The maximum absolute atomic E-state index is 12.3. The Bertz CT molecular complexity index is 370. The Labute approximate surface area is 104 Å². The molecule has 0 aliphatic carbocycles. The number of anilines is 1. The lowest BCUT2D eigenvalue weighted by molar-refractivity contribution is -0.137. The van der Waals surface area contributed by atoms with E-state index in [1.54, 1.807) is 29.5 Å². The fourth-order valence-electron chi connectivity index (χ4n) is 0.978. The molecular formula is C9H10F3IN2O. The number of aromatic nitrogens is 1. The molecule has 0 radical (unpaired) electrons. The molecule has 3 nitrogen and oxygen atoms in total. The largest absolute Gasteiger partial charge is 0.417 e. The molecule has 0 amide bonds. The van der Waals surface area contributed by atoms with Crippen molar-refractivity contribution in [3.8, 4) is 0 Å². The molecule has 0 spiro atoms. The topological polar surface area (TPSA) is 45.1 Å². The van der Waals surface area contributed by atoms with E-state index in [1.807, 2.05) is 0 Å². The molecular weight excluding hydrogens is 336 g/mol. The van der Waals surface area contributed by atoms with Gasteiger partial charge >= 0.3 is 6.18 Å². The second-order valence-electron chi connectivity index (χ2n) is 3.28. The van der Waals surface area contributed by atoms with Crippen molar-refractivity contribution in [2.45, 2.75) is 19.1 Å². The molecule has 0 saturated carbocycles. The van der Waals surface area contributed by atoms with Crippen LogP contribution < -0.4 is 5.32 Å². The Balaban J connectivity index is 2.92. The van der Waals surface area contributed by atoms with Crippen molar-refractivity contribution in [1.82, 2.24) is 4.98 Å². The lowest BCUT2D eigenvalue weighted by Crippen LogP contribution is -2.21. The molecule has 1 heterocycles. The zero-order valence-corrected chi connectivity index (χ0v) is 10.5. The van der Waals surface area contributed by atoms with Gasteiger partial charge in [0.2, 0.25) is 0 Å². The highest BCUT2D eigenvalue weighted by Crippen LogP contribution is 2.31. The Morgan fingerprint density at radius 3 is 2.62 bits per heavy atom. The second kappa shape index (κ2) is 5.17. The summed E-state index contributed by atoms with van der Waals surface area (Å²) in [7, 11) is 0. The average molecular weight is 346 g/mol. The Hall–Kier alpha value is -0.570. The average Bonchev–Trinajstić information content (AvgIpc) is 2.19. The number of hydrogen-bond donors (Lipinski definition) is 2. The number of hydrogen-bond acceptors (Lipinski definition) is 3. The van der Waals surface area contributed by atoms with Gasteiger partial charge in [-0.25, -0.2) is 4.98 Å².